The first kappa shape index (κ1) is 31.3. The van der Waals surface area contributed by atoms with Crippen LogP contribution in [0, 0.1) is 5.82 Å². The Labute approximate surface area is 263 Å². The Morgan fingerprint density at radius 1 is 1.02 bits per heavy atom. The molecule has 240 valence electrons. The molecule has 1 aliphatic rings. The molecule has 2 aromatic carbocycles. The highest BCUT2D eigenvalue weighted by atomic mass is 19.4. The Bertz CT molecular complexity index is 2010. The lowest BCUT2D eigenvalue weighted by Gasteiger charge is -2.31. The van der Waals surface area contributed by atoms with Crippen LogP contribution in [-0.4, -0.2) is 56.2 Å². The van der Waals surface area contributed by atoms with Gasteiger partial charge in [0.05, 0.1) is 23.4 Å². The Balaban J connectivity index is 1.40. The molecule has 0 radical (unpaired) electrons. The van der Waals surface area contributed by atoms with Crippen LogP contribution in [0.15, 0.2) is 79.3 Å². The number of alkyl halides is 3. The number of benzene rings is 2. The minimum atomic E-state index is -5.38. The van der Waals surface area contributed by atoms with Gasteiger partial charge in [-0.1, -0.05) is 6.07 Å². The molecule has 1 aliphatic heterocycles. The van der Waals surface area contributed by atoms with Crippen LogP contribution in [-0.2, 0) is 15.8 Å². The van der Waals surface area contributed by atoms with Crippen molar-refractivity contribution in [1.29, 1.82) is 0 Å². The third-order valence-electron chi connectivity index (χ3n) is 7.91. The second kappa shape index (κ2) is 11.6. The van der Waals surface area contributed by atoms with Crippen molar-refractivity contribution in [3.05, 3.63) is 102 Å². The number of nitrogens with two attached hydrogens (primary N) is 1. The molecule has 5 aromatic rings. The average molecular weight is 648 g/mol. The third-order valence-corrected chi connectivity index (χ3v) is 7.91. The van der Waals surface area contributed by atoms with Gasteiger partial charge in [0, 0.05) is 40.7 Å². The third kappa shape index (κ3) is 5.65. The molecular formula is C32H25F4N7O4. The quantitative estimate of drug-likeness (QED) is 0.180. The number of aliphatic hydroxyl groups is 1. The molecule has 5 N–H and O–H groups in total. The summed E-state index contributed by atoms with van der Waals surface area (Å²) in [5, 5.41) is 17.0. The van der Waals surface area contributed by atoms with Gasteiger partial charge in [0.1, 0.15) is 29.3 Å². The van der Waals surface area contributed by atoms with E-state index in [0.29, 0.717) is 16.6 Å². The standard InChI is InChI=1S/C32H25F4N7O4/c1-30(28(37)45)16-47-26-21(30)14-23(43-25(26)17-5-7-20(33)8-6-17)31(46,32(34,35)36)15-41-27(44)19-12-18-4-2-9-38-24(18)22(13-19)42-29-39-10-3-11-40-29/h2-14,46H,15-16H2,1H3,(H2,37,45)(H,41,44)(H,39,40,42)/t30-,31-/m0/s1. The molecule has 3 aromatic heterocycles. The number of nitrogens with one attached hydrogen (secondary N) is 2. The second-order valence-corrected chi connectivity index (χ2v) is 11.1. The molecule has 0 unspecified atom stereocenters. The van der Waals surface area contributed by atoms with E-state index < -0.39 is 47.1 Å². The Morgan fingerprint density at radius 3 is 2.40 bits per heavy atom. The number of hydrogen-bond donors (Lipinski definition) is 4. The molecule has 2 atom stereocenters. The number of fused-ring (bicyclic) bond motifs is 2. The van der Waals surface area contributed by atoms with E-state index in [1.807, 2.05) is 0 Å². The summed E-state index contributed by atoms with van der Waals surface area (Å²) in [5.41, 5.74) is -0.0536. The fourth-order valence-electron chi connectivity index (χ4n) is 5.15. The molecule has 0 aliphatic carbocycles. The average Bonchev–Trinajstić information content (AvgIpc) is 3.41. The van der Waals surface area contributed by atoms with Crippen LogP contribution in [0.25, 0.3) is 22.2 Å². The number of primary amides is 1. The van der Waals surface area contributed by atoms with Crippen LogP contribution in [0.1, 0.15) is 28.5 Å². The van der Waals surface area contributed by atoms with Crippen LogP contribution in [0.5, 0.6) is 5.75 Å². The largest absolute Gasteiger partial charge is 0.489 e. The van der Waals surface area contributed by atoms with Crippen molar-refractivity contribution >= 4 is 34.4 Å². The maximum atomic E-state index is 14.8. The highest BCUT2D eigenvalue weighted by Gasteiger charge is 2.57. The molecule has 0 spiro atoms. The number of carbonyl (C=O) groups excluding carboxylic acids is 2. The summed E-state index contributed by atoms with van der Waals surface area (Å²) >= 11 is 0. The number of pyridine rings is 2. The predicted molar refractivity (Wildman–Crippen MR) is 161 cm³/mol. The van der Waals surface area contributed by atoms with Crippen molar-refractivity contribution in [3.8, 4) is 17.0 Å². The zero-order valence-corrected chi connectivity index (χ0v) is 24.5. The fraction of sp³-hybridized carbons (Fsp3) is 0.188. The van der Waals surface area contributed by atoms with Gasteiger partial charge in [-0.25, -0.2) is 19.3 Å². The molecule has 47 heavy (non-hydrogen) atoms. The van der Waals surface area contributed by atoms with Crippen molar-refractivity contribution in [3.63, 3.8) is 0 Å². The summed E-state index contributed by atoms with van der Waals surface area (Å²) in [6.07, 6.45) is -0.867. The SMILES string of the molecule is C[C@]1(C(N)=O)COc2c1cc([C@@](O)(CNC(=O)c1cc(Nc3ncccn3)c3ncccc3c1)C(F)(F)F)nc2-c1ccc(F)cc1. The first-order chi connectivity index (χ1) is 22.3. The number of nitrogens with zero attached hydrogens (tertiary/aromatic N) is 4. The lowest BCUT2D eigenvalue weighted by Crippen LogP contribution is -2.51. The molecule has 0 bridgehead atoms. The molecule has 2 amide bonds. The van der Waals surface area contributed by atoms with Gasteiger partial charge in [0.25, 0.3) is 5.91 Å². The number of rotatable bonds is 8. The van der Waals surface area contributed by atoms with Gasteiger partial charge >= 0.3 is 6.18 Å². The minimum Gasteiger partial charge on any atom is -0.489 e. The van der Waals surface area contributed by atoms with Gasteiger partial charge in [0.2, 0.25) is 17.5 Å². The Morgan fingerprint density at radius 2 is 1.72 bits per heavy atom. The molecule has 0 fully saturated rings. The van der Waals surface area contributed by atoms with E-state index in [0.717, 1.165) is 18.2 Å². The summed E-state index contributed by atoms with van der Waals surface area (Å²) in [6.45, 7) is -0.290. The van der Waals surface area contributed by atoms with Gasteiger partial charge < -0.3 is 26.2 Å². The van der Waals surface area contributed by atoms with Crippen LogP contribution in [0.2, 0.25) is 0 Å². The maximum Gasteiger partial charge on any atom is 0.424 e. The van der Waals surface area contributed by atoms with E-state index in [2.05, 4.69) is 30.6 Å². The van der Waals surface area contributed by atoms with Gasteiger partial charge in [-0.2, -0.15) is 13.2 Å². The Hall–Kier alpha value is -5.70. The second-order valence-electron chi connectivity index (χ2n) is 11.1. The topological polar surface area (TPSA) is 165 Å². The summed E-state index contributed by atoms with van der Waals surface area (Å²) in [6, 6.07) is 13.2. The predicted octanol–water partition coefficient (Wildman–Crippen LogP) is 4.28. The molecule has 0 saturated carbocycles. The van der Waals surface area contributed by atoms with Crippen LogP contribution >= 0.6 is 0 Å². The number of halogens is 4. The number of hydrogen-bond acceptors (Lipinski definition) is 9. The normalized spacial score (nSPS) is 17.0. The smallest absolute Gasteiger partial charge is 0.424 e. The maximum absolute atomic E-state index is 14.8. The van der Waals surface area contributed by atoms with E-state index in [1.54, 1.807) is 18.2 Å². The number of carbonyl (C=O) groups is 2. The van der Waals surface area contributed by atoms with Crippen LogP contribution in [0.4, 0.5) is 29.2 Å². The number of aromatic nitrogens is 4. The molecule has 11 nitrogen and oxygen atoms in total. The van der Waals surface area contributed by atoms with E-state index >= 15 is 0 Å². The first-order valence-corrected chi connectivity index (χ1v) is 14.0. The van der Waals surface area contributed by atoms with Crippen molar-refractivity contribution in [2.45, 2.75) is 24.1 Å². The molecular weight excluding hydrogens is 622 g/mol. The lowest BCUT2D eigenvalue weighted by atomic mass is 9.81. The monoisotopic (exact) mass is 647 g/mol. The highest BCUT2D eigenvalue weighted by molar-refractivity contribution is 6.02. The van der Waals surface area contributed by atoms with Crippen molar-refractivity contribution in [2.24, 2.45) is 5.73 Å². The summed E-state index contributed by atoms with van der Waals surface area (Å²) < 4.78 is 63.8. The fourth-order valence-corrected chi connectivity index (χ4v) is 5.15. The van der Waals surface area contributed by atoms with E-state index in [9.17, 15) is 32.3 Å². The van der Waals surface area contributed by atoms with E-state index in [-0.39, 0.29) is 40.7 Å². The van der Waals surface area contributed by atoms with Crippen LogP contribution in [0.3, 0.4) is 0 Å². The van der Waals surface area contributed by atoms with Crippen molar-refractivity contribution in [1.82, 2.24) is 25.3 Å². The zero-order valence-electron chi connectivity index (χ0n) is 24.5. The number of amides is 2. The van der Waals surface area contributed by atoms with Crippen LogP contribution < -0.4 is 21.1 Å². The number of ether oxygens (including phenoxy) is 1. The molecule has 6 rings (SSSR count). The lowest BCUT2D eigenvalue weighted by molar-refractivity contribution is -0.265. The zero-order chi connectivity index (χ0) is 33.6. The number of anilines is 2. The van der Waals surface area contributed by atoms with Gasteiger partial charge in [-0.15, -0.1) is 0 Å². The van der Waals surface area contributed by atoms with Crippen molar-refractivity contribution < 1.29 is 37.0 Å². The van der Waals surface area contributed by atoms with Gasteiger partial charge in [-0.3, -0.25) is 14.6 Å². The van der Waals surface area contributed by atoms with Crippen molar-refractivity contribution in [2.75, 3.05) is 18.5 Å². The van der Waals surface area contributed by atoms with Gasteiger partial charge in [0.15, 0.2) is 0 Å². The van der Waals surface area contributed by atoms with E-state index in [1.165, 1.54) is 49.8 Å². The minimum absolute atomic E-state index is 0.0394. The molecule has 15 heteroatoms. The van der Waals surface area contributed by atoms with E-state index in [4.69, 9.17) is 10.5 Å². The summed E-state index contributed by atoms with van der Waals surface area (Å²) in [5.74, 6) is -2.31. The Kier molecular flexibility index (Phi) is 7.71. The molecule has 0 saturated heterocycles. The summed E-state index contributed by atoms with van der Waals surface area (Å²) in [7, 11) is 0. The molecule has 4 heterocycles. The first-order valence-electron chi connectivity index (χ1n) is 14.0. The highest BCUT2D eigenvalue weighted by Crippen LogP contribution is 2.47. The summed E-state index contributed by atoms with van der Waals surface area (Å²) in [4.78, 5) is 42.5. The van der Waals surface area contributed by atoms with Gasteiger partial charge in [-0.05, 0) is 61.5 Å².